The number of rotatable bonds is 4. The Morgan fingerprint density at radius 2 is 2.05 bits per heavy atom. The highest BCUT2D eigenvalue weighted by Crippen LogP contribution is 2.39. The van der Waals surface area contributed by atoms with Crippen LogP contribution in [0.5, 0.6) is 0 Å². The highest BCUT2D eigenvalue weighted by atomic mass is 35.5. The largest absolute Gasteiger partial charge is 0.381 e. The topological polar surface area (TPSA) is 59.6 Å². The Labute approximate surface area is 141 Å². The average molecular weight is 342 g/mol. The van der Waals surface area contributed by atoms with Crippen LogP contribution >= 0.6 is 23.2 Å². The average Bonchev–Trinajstić information content (AvgIpc) is 3.30. The number of aliphatic imine (C=N–C) groups is 1. The molecule has 4 nitrogen and oxygen atoms in total. The van der Waals surface area contributed by atoms with E-state index >= 15 is 0 Å². The van der Waals surface area contributed by atoms with Crippen molar-refractivity contribution in [2.75, 3.05) is 19.8 Å². The minimum atomic E-state index is -0.129. The van der Waals surface area contributed by atoms with Gasteiger partial charge in [0.2, 0.25) is 0 Å². The highest BCUT2D eigenvalue weighted by Gasteiger charge is 2.36. The number of halogens is 2. The molecule has 1 saturated heterocycles. The lowest BCUT2D eigenvalue weighted by atomic mass is 9.74. The molecule has 1 aliphatic carbocycles. The Kier molecular flexibility index (Phi) is 4.81. The van der Waals surface area contributed by atoms with Crippen LogP contribution in [0.25, 0.3) is 0 Å². The van der Waals surface area contributed by atoms with Gasteiger partial charge in [0, 0.05) is 34.7 Å². The first kappa shape index (κ1) is 15.9. The Balaban J connectivity index is 1.83. The minimum Gasteiger partial charge on any atom is -0.381 e. The van der Waals surface area contributed by atoms with Crippen LogP contribution in [-0.4, -0.2) is 31.8 Å². The summed E-state index contributed by atoms with van der Waals surface area (Å²) in [6.45, 7) is 2.04. The summed E-state index contributed by atoms with van der Waals surface area (Å²) in [5.41, 5.74) is 6.94. The molecule has 1 saturated carbocycles. The summed E-state index contributed by atoms with van der Waals surface area (Å²) in [6, 6.07) is 6.20. The lowest BCUT2D eigenvalue weighted by Gasteiger charge is -2.37. The van der Waals surface area contributed by atoms with Crippen LogP contribution in [0.4, 0.5) is 0 Å². The van der Waals surface area contributed by atoms with E-state index in [1.54, 1.807) is 6.07 Å². The number of hydrogen-bond acceptors (Lipinski definition) is 2. The second kappa shape index (κ2) is 6.65. The first-order chi connectivity index (χ1) is 10.6. The molecule has 120 valence electrons. The molecule has 6 heteroatoms. The molecule has 0 radical (unpaired) electrons. The number of nitrogens with two attached hydrogens (primary N) is 1. The molecular weight excluding hydrogens is 321 g/mol. The Morgan fingerprint density at radius 1 is 1.32 bits per heavy atom. The van der Waals surface area contributed by atoms with Gasteiger partial charge in [0.25, 0.3) is 0 Å². The van der Waals surface area contributed by atoms with Gasteiger partial charge in [0.1, 0.15) is 0 Å². The van der Waals surface area contributed by atoms with Crippen molar-refractivity contribution in [3.8, 4) is 0 Å². The van der Waals surface area contributed by atoms with E-state index in [9.17, 15) is 0 Å². The maximum Gasteiger partial charge on any atom is 0.188 e. The molecule has 0 bridgehead atoms. The summed E-state index contributed by atoms with van der Waals surface area (Å²) in [5.74, 6) is 0.526. The van der Waals surface area contributed by atoms with Crippen LogP contribution in [0.15, 0.2) is 23.2 Å². The molecule has 1 aliphatic heterocycles. The van der Waals surface area contributed by atoms with Gasteiger partial charge in [-0.25, -0.2) is 0 Å². The SMILES string of the molecule is NC(=NCC1(c2ccc(Cl)cc2Cl)CCOCC1)NC1CC1. The van der Waals surface area contributed by atoms with Gasteiger partial charge in [0.05, 0.1) is 6.54 Å². The molecule has 0 atom stereocenters. The molecule has 0 aromatic heterocycles. The molecule has 0 amide bonds. The van der Waals surface area contributed by atoms with Crippen LogP contribution in [0.1, 0.15) is 31.2 Å². The molecule has 3 rings (SSSR count). The van der Waals surface area contributed by atoms with Crippen molar-refractivity contribution in [3.63, 3.8) is 0 Å². The molecule has 1 aromatic carbocycles. The van der Waals surface area contributed by atoms with Crippen molar-refractivity contribution >= 4 is 29.2 Å². The summed E-state index contributed by atoms with van der Waals surface area (Å²) >= 11 is 12.5. The summed E-state index contributed by atoms with van der Waals surface area (Å²) in [7, 11) is 0. The highest BCUT2D eigenvalue weighted by molar-refractivity contribution is 6.35. The number of hydrogen-bond donors (Lipinski definition) is 2. The quantitative estimate of drug-likeness (QED) is 0.653. The Morgan fingerprint density at radius 3 is 2.68 bits per heavy atom. The summed E-state index contributed by atoms with van der Waals surface area (Å²) in [5, 5.41) is 4.57. The molecule has 0 unspecified atom stereocenters. The fourth-order valence-corrected chi connectivity index (χ4v) is 3.52. The van der Waals surface area contributed by atoms with Gasteiger partial charge in [-0.05, 0) is 43.4 Å². The van der Waals surface area contributed by atoms with Crippen LogP contribution in [0.2, 0.25) is 10.0 Å². The predicted octanol–water partition coefficient (Wildman–Crippen LogP) is 3.11. The van der Waals surface area contributed by atoms with Crippen molar-refractivity contribution in [1.82, 2.24) is 5.32 Å². The van der Waals surface area contributed by atoms with Gasteiger partial charge in [-0.1, -0.05) is 29.3 Å². The number of guanidine groups is 1. The van der Waals surface area contributed by atoms with Gasteiger partial charge in [-0.3, -0.25) is 4.99 Å². The van der Waals surface area contributed by atoms with Gasteiger partial charge >= 0.3 is 0 Å². The molecule has 3 N–H and O–H groups in total. The number of ether oxygens (including phenoxy) is 1. The number of nitrogens with one attached hydrogen (secondary N) is 1. The third kappa shape index (κ3) is 3.67. The molecule has 2 aliphatic rings. The lowest BCUT2D eigenvalue weighted by Crippen LogP contribution is -2.40. The predicted molar refractivity (Wildman–Crippen MR) is 90.8 cm³/mol. The molecule has 1 heterocycles. The van der Waals surface area contributed by atoms with E-state index in [4.69, 9.17) is 33.7 Å². The number of benzene rings is 1. The van der Waals surface area contributed by atoms with Crippen molar-refractivity contribution in [1.29, 1.82) is 0 Å². The van der Waals surface area contributed by atoms with Gasteiger partial charge in [-0.2, -0.15) is 0 Å². The molecule has 2 fully saturated rings. The standard InChI is InChI=1S/C16H21Cl2N3O/c17-11-1-4-13(14(18)9-11)16(5-7-22-8-6-16)10-20-15(19)21-12-2-3-12/h1,4,9,12H,2-3,5-8,10H2,(H3,19,20,21). The van der Waals surface area contributed by atoms with E-state index in [0.29, 0.717) is 41.8 Å². The summed E-state index contributed by atoms with van der Waals surface area (Å²) in [6.07, 6.45) is 4.12. The van der Waals surface area contributed by atoms with Crippen LogP contribution in [-0.2, 0) is 10.2 Å². The minimum absolute atomic E-state index is 0.129. The zero-order chi connectivity index (χ0) is 15.6. The zero-order valence-corrected chi connectivity index (χ0v) is 14.0. The first-order valence-electron chi connectivity index (χ1n) is 7.69. The van der Waals surface area contributed by atoms with E-state index in [-0.39, 0.29) is 5.41 Å². The number of nitrogens with zero attached hydrogens (tertiary/aromatic N) is 1. The summed E-state index contributed by atoms with van der Waals surface area (Å²) in [4.78, 5) is 4.58. The van der Waals surface area contributed by atoms with Crippen LogP contribution in [0.3, 0.4) is 0 Å². The second-order valence-electron chi connectivity index (χ2n) is 6.14. The van der Waals surface area contributed by atoms with E-state index < -0.39 is 0 Å². The fraction of sp³-hybridized carbons (Fsp3) is 0.562. The third-order valence-corrected chi connectivity index (χ3v) is 4.98. The Bertz CT molecular complexity index is 567. The van der Waals surface area contributed by atoms with E-state index in [2.05, 4.69) is 10.3 Å². The molecule has 22 heavy (non-hydrogen) atoms. The monoisotopic (exact) mass is 341 g/mol. The van der Waals surface area contributed by atoms with E-state index in [0.717, 1.165) is 18.4 Å². The van der Waals surface area contributed by atoms with Crippen molar-refractivity contribution in [3.05, 3.63) is 33.8 Å². The van der Waals surface area contributed by atoms with Crippen molar-refractivity contribution in [2.45, 2.75) is 37.1 Å². The van der Waals surface area contributed by atoms with E-state index in [1.165, 1.54) is 12.8 Å². The lowest BCUT2D eigenvalue weighted by molar-refractivity contribution is 0.0531. The van der Waals surface area contributed by atoms with Crippen molar-refractivity contribution in [2.24, 2.45) is 10.7 Å². The third-order valence-electron chi connectivity index (χ3n) is 4.43. The summed E-state index contributed by atoms with van der Waals surface area (Å²) < 4.78 is 5.53. The fourth-order valence-electron chi connectivity index (χ4n) is 2.91. The normalized spacial score (nSPS) is 21.6. The van der Waals surface area contributed by atoms with Crippen LogP contribution < -0.4 is 11.1 Å². The Hall–Kier alpha value is -0.970. The van der Waals surface area contributed by atoms with Gasteiger partial charge in [-0.15, -0.1) is 0 Å². The smallest absolute Gasteiger partial charge is 0.188 e. The second-order valence-corrected chi connectivity index (χ2v) is 6.98. The molecule has 1 aromatic rings. The van der Waals surface area contributed by atoms with Gasteiger partial charge in [0.15, 0.2) is 5.96 Å². The maximum absolute atomic E-state index is 6.44. The first-order valence-corrected chi connectivity index (χ1v) is 8.44. The molecule has 0 spiro atoms. The van der Waals surface area contributed by atoms with E-state index in [1.807, 2.05) is 12.1 Å². The maximum atomic E-state index is 6.44. The zero-order valence-electron chi connectivity index (χ0n) is 12.4. The molecular formula is C16H21Cl2N3O. The van der Waals surface area contributed by atoms with Gasteiger partial charge < -0.3 is 15.8 Å². The van der Waals surface area contributed by atoms with Crippen molar-refractivity contribution < 1.29 is 4.74 Å². The van der Waals surface area contributed by atoms with Crippen LogP contribution in [0, 0.1) is 0 Å².